The average molecular weight is 343 g/mol. The highest BCUT2D eigenvalue weighted by atomic mass is 32.1. The number of nitrogens with one attached hydrogen (secondary N) is 1. The Kier molecular flexibility index (Phi) is 4.02. The number of aliphatic hydroxyl groups is 3. The highest BCUT2D eigenvalue weighted by Gasteiger charge is 2.43. The van der Waals surface area contributed by atoms with Crippen molar-refractivity contribution in [3.05, 3.63) is 38.3 Å². The molecule has 2 aromatic heterocycles. The van der Waals surface area contributed by atoms with Crippen molar-refractivity contribution in [2.75, 3.05) is 6.61 Å². The summed E-state index contributed by atoms with van der Waals surface area (Å²) in [7, 11) is 0. The molecule has 1 saturated heterocycles. The van der Waals surface area contributed by atoms with Crippen LogP contribution in [0.5, 0.6) is 0 Å². The number of rotatable bonds is 2. The molecule has 8 nitrogen and oxygen atoms in total. The number of halogens is 1. The van der Waals surface area contributed by atoms with E-state index in [1.807, 2.05) is 0 Å². The summed E-state index contributed by atoms with van der Waals surface area (Å²) in [6, 6.07) is 0. The Morgan fingerprint density at radius 1 is 1.48 bits per heavy atom. The van der Waals surface area contributed by atoms with Crippen LogP contribution in [0.2, 0.25) is 0 Å². The van der Waals surface area contributed by atoms with Crippen molar-refractivity contribution >= 4 is 18.0 Å². The van der Waals surface area contributed by atoms with E-state index in [4.69, 9.17) is 22.1 Å². The Labute approximate surface area is 133 Å². The normalized spacial score (nSPS) is 27.7. The van der Waals surface area contributed by atoms with Crippen LogP contribution in [0, 0.1) is 17.4 Å². The zero-order valence-electron chi connectivity index (χ0n) is 11.9. The van der Waals surface area contributed by atoms with Gasteiger partial charge in [0, 0.05) is 11.8 Å². The molecule has 124 valence electrons. The summed E-state index contributed by atoms with van der Waals surface area (Å²) in [5.74, 6) is -0.914. The quantitative estimate of drug-likeness (QED) is 0.535. The second kappa shape index (κ2) is 5.73. The van der Waals surface area contributed by atoms with Gasteiger partial charge in [0.05, 0.1) is 12.3 Å². The van der Waals surface area contributed by atoms with Gasteiger partial charge >= 0.3 is 0 Å². The van der Waals surface area contributed by atoms with E-state index in [2.05, 4.69) is 9.97 Å². The van der Waals surface area contributed by atoms with E-state index in [-0.39, 0.29) is 21.7 Å². The Morgan fingerprint density at radius 3 is 2.78 bits per heavy atom. The number of aliphatic hydroxyl groups excluding tert-OH is 3. The van der Waals surface area contributed by atoms with E-state index in [1.165, 1.54) is 17.5 Å². The summed E-state index contributed by atoms with van der Waals surface area (Å²) < 4.78 is 20.5. The minimum atomic E-state index is -1.32. The molecule has 23 heavy (non-hydrogen) atoms. The van der Waals surface area contributed by atoms with E-state index < -0.39 is 42.4 Å². The Balaban J connectivity index is 2.18. The Hall–Kier alpha value is -1.72. The van der Waals surface area contributed by atoms with Gasteiger partial charge < -0.3 is 20.1 Å². The molecule has 2 aromatic rings. The lowest BCUT2D eigenvalue weighted by Crippen LogP contribution is -2.32. The van der Waals surface area contributed by atoms with Gasteiger partial charge in [0.1, 0.15) is 29.1 Å². The number of fused-ring (bicyclic) bond motifs is 1. The highest BCUT2D eigenvalue weighted by Crippen LogP contribution is 2.33. The van der Waals surface area contributed by atoms with Gasteiger partial charge in [0.15, 0.2) is 0 Å². The standard InChI is InChI=1S/C13H14FN3O5S/c1-4-7(14)11(21)15-13-16-12(23)5(2-17(4)13)10-9(20)8(19)6(3-18)22-10/h2,6,8-10,18-20H,3H2,1H3,(H,15,16,21,23)/t6-,8?,9+,10+/m1/s1. The summed E-state index contributed by atoms with van der Waals surface area (Å²) in [5.41, 5.74) is -0.654. The minimum absolute atomic E-state index is 0.0132. The second-order valence-electron chi connectivity index (χ2n) is 5.31. The zero-order chi connectivity index (χ0) is 16.9. The van der Waals surface area contributed by atoms with E-state index >= 15 is 0 Å². The van der Waals surface area contributed by atoms with E-state index in [0.29, 0.717) is 0 Å². The monoisotopic (exact) mass is 343 g/mol. The molecule has 10 heteroatoms. The topological polar surface area (TPSA) is 120 Å². The lowest BCUT2D eigenvalue weighted by atomic mass is 10.0. The van der Waals surface area contributed by atoms with E-state index in [1.54, 1.807) is 0 Å². The van der Waals surface area contributed by atoms with Gasteiger partial charge in [0.25, 0.3) is 5.56 Å². The van der Waals surface area contributed by atoms with Crippen molar-refractivity contribution in [1.82, 2.24) is 14.4 Å². The van der Waals surface area contributed by atoms with Crippen LogP contribution >= 0.6 is 12.2 Å². The first-order valence-electron chi connectivity index (χ1n) is 6.79. The lowest BCUT2D eigenvalue weighted by Gasteiger charge is -2.16. The summed E-state index contributed by atoms with van der Waals surface area (Å²) >= 11 is 5.13. The highest BCUT2D eigenvalue weighted by molar-refractivity contribution is 7.71. The molecule has 0 radical (unpaired) electrons. The molecule has 3 rings (SSSR count). The zero-order valence-corrected chi connectivity index (χ0v) is 12.7. The van der Waals surface area contributed by atoms with Gasteiger partial charge in [0.2, 0.25) is 11.6 Å². The SMILES string of the molecule is Cc1c(F)c(=O)[nH]c2nc(=S)c([C@@H]3O[C@H](CO)C(O)[C@@H]3O)cn12. The van der Waals surface area contributed by atoms with Gasteiger partial charge in [-0.05, 0) is 6.92 Å². The summed E-state index contributed by atoms with van der Waals surface area (Å²) in [6.45, 7) is 0.917. The largest absolute Gasteiger partial charge is 0.394 e. The van der Waals surface area contributed by atoms with Gasteiger partial charge in [-0.1, -0.05) is 12.2 Å². The predicted molar refractivity (Wildman–Crippen MR) is 78.1 cm³/mol. The maximum atomic E-state index is 13.8. The molecule has 4 atom stereocenters. The number of H-pyrrole nitrogens is 1. The molecular weight excluding hydrogens is 329 g/mol. The van der Waals surface area contributed by atoms with Crippen molar-refractivity contribution in [2.24, 2.45) is 0 Å². The van der Waals surface area contributed by atoms with Crippen LogP contribution < -0.4 is 5.56 Å². The number of aromatic amines is 1. The molecule has 1 aliphatic heterocycles. The molecule has 0 saturated carbocycles. The van der Waals surface area contributed by atoms with Gasteiger partial charge in [-0.3, -0.25) is 14.2 Å². The molecule has 0 aromatic carbocycles. The van der Waals surface area contributed by atoms with Crippen LogP contribution in [0.15, 0.2) is 11.0 Å². The molecule has 0 aliphatic carbocycles. The van der Waals surface area contributed by atoms with Crippen LogP contribution in [0.1, 0.15) is 17.4 Å². The van der Waals surface area contributed by atoms with Crippen molar-refractivity contribution in [2.45, 2.75) is 31.3 Å². The number of hydrogen-bond donors (Lipinski definition) is 4. The number of ether oxygens (including phenoxy) is 1. The van der Waals surface area contributed by atoms with Gasteiger partial charge in [-0.2, -0.15) is 4.39 Å². The van der Waals surface area contributed by atoms with Crippen LogP contribution in [-0.2, 0) is 4.74 Å². The maximum absolute atomic E-state index is 13.8. The Morgan fingerprint density at radius 2 is 2.17 bits per heavy atom. The molecule has 4 N–H and O–H groups in total. The first kappa shape index (κ1) is 16.1. The molecule has 1 fully saturated rings. The molecule has 0 bridgehead atoms. The molecule has 0 spiro atoms. The maximum Gasteiger partial charge on any atom is 0.288 e. The fourth-order valence-corrected chi connectivity index (χ4v) is 2.85. The molecular formula is C13H14FN3O5S. The number of aryl methyl sites for hydroxylation is 1. The summed E-state index contributed by atoms with van der Waals surface area (Å²) in [5, 5.41) is 29.0. The number of aromatic nitrogens is 3. The smallest absolute Gasteiger partial charge is 0.288 e. The van der Waals surface area contributed by atoms with Crippen LogP contribution in [0.3, 0.4) is 0 Å². The van der Waals surface area contributed by atoms with Crippen molar-refractivity contribution in [3.8, 4) is 0 Å². The molecule has 1 unspecified atom stereocenters. The fourth-order valence-electron chi connectivity index (χ4n) is 2.59. The van der Waals surface area contributed by atoms with E-state index in [0.717, 1.165) is 0 Å². The lowest BCUT2D eigenvalue weighted by molar-refractivity contribution is -0.0230. The molecule has 0 amide bonds. The van der Waals surface area contributed by atoms with Gasteiger partial charge in [-0.25, -0.2) is 4.98 Å². The Bertz CT molecular complexity index is 882. The third-order valence-corrected chi connectivity index (χ3v) is 4.23. The first-order chi connectivity index (χ1) is 10.8. The van der Waals surface area contributed by atoms with E-state index in [9.17, 15) is 19.4 Å². The van der Waals surface area contributed by atoms with Crippen molar-refractivity contribution < 1.29 is 24.4 Å². The van der Waals surface area contributed by atoms with Gasteiger partial charge in [-0.15, -0.1) is 0 Å². The number of hydrogen-bond acceptors (Lipinski definition) is 7. The van der Waals surface area contributed by atoms with Crippen molar-refractivity contribution in [3.63, 3.8) is 0 Å². The van der Waals surface area contributed by atoms with Crippen LogP contribution in [0.4, 0.5) is 4.39 Å². The summed E-state index contributed by atoms with van der Waals surface area (Å²) in [6.07, 6.45) is -3.19. The summed E-state index contributed by atoms with van der Waals surface area (Å²) in [4.78, 5) is 17.7. The fraction of sp³-hybridized carbons (Fsp3) is 0.462. The van der Waals surface area contributed by atoms with Crippen molar-refractivity contribution in [1.29, 1.82) is 0 Å². The number of nitrogens with zero attached hydrogens (tertiary/aromatic N) is 2. The van der Waals surface area contributed by atoms with Crippen LogP contribution in [-0.4, -0.2) is 54.6 Å². The second-order valence-corrected chi connectivity index (χ2v) is 5.69. The minimum Gasteiger partial charge on any atom is -0.394 e. The van der Waals surface area contributed by atoms with Crippen LogP contribution in [0.25, 0.3) is 5.78 Å². The average Bonchev–Trinajstić information content (AvgIpc) is 2.80. The first-order valence-corrected chi connectivity index (χ1v) is 7.20. The molecule has 1 aliphatic rings. The third kappa shape index (κ3) is 2.48. The molecule has 3 heterocycles. The third-order valence-electron chi connectivity index (χ3n) is 3.90. The predicted octanol–water partition coefficient (Wildman–Crippen LogP) is -0.646.